The van der Waals surface area contributed by atoms with Crippen LogP contribution >= 0.6 is 0 Å². The summed E-state index contributed by atoms with van der Waals surface area (Å²) in [5.74, 6) is -2.42. The minimum Gasteiger partial charge on any atom is -0.436 e. The average molecular weight is 268 g/mol. The molecule has 1 aromatic carbocycles. The first kappa shape index (κ1) is 13.2. The zero-order chi connectivity index (χ0) is 14.0. The van der Waals surface area contributed by atoms with Gasteiger partial charge in [0.15, 0.2) is 17.5 Å². The van der Waals surface area contributed by atoms with E-state index in [-0.39, 0.29) is 17.4 Å². The standard InChI is InChI=1S/C13H11F3N2O/c1-7-5-8(14)3-4-11(7)19-13-10(16)6-9(15)12(17-2)18-13/h3-6H,1-2H3,(H,17,18). The largest absolute Gasteiger partial charge is 0.436 e. The lowest BCUT2D eigenvalue weighted by Gasteiger charge is -2.10. The molecule has 2 aromatic rings. The van der Waals surface area contributed by atoms with Crippen molar-refractivity contribution in [1.29, 1.82) is 0 Å². The van der Waals surface area contributed by atoms with Crippen LogP contribution in [0.1, 0.15) is 5.56 Å². The van der Waals surface area contributed by atoms with Crippen molar-refractivity contribution >= 4 is 5.82 Å². The van der Waals surface area contributed by atoms with Crippen molar-refractivity contribution in [3.05, 3.63) is 47.3 Å². The number of aromatic nitrogens is 1. The van der Waals surface area contributed by atoms with Crippen LogP contribution in [0.4, 0.5) is 19.0 Å². The highest BCUT2D eigenvalue weighted by Crippen LogP contribution is 2.28. The van der Waals surface area contributed by atoms with Crippen LogP contribution in [-0.2, 0) is 0 Å². The molecule has 0 spiro atoms. The molecule has 0 atom stereocenters. The predicted molar refractivity (Wildman–Crippen MR) is 64.9 cm³/mol. The van der Waals surface area contributed by atoms with Crippen LogP contribution in [0.15, 0.2) is 24.3 Å². The topological polar surface area (TPSA) is 34.2 Å². The van der Waals surface area contributed by atoms with Crippen LogP contribution < -0.4 is 10.1 Å². The number of aryl methyl sites for hydroxylation is 1. The molecule has 1 aromatic heterocycles. The third kappa shape index (κ3) is 2.78. The van der Waals surface area contributed by atoms with Gasteiger partial charge in [-0.25, -0.2) is 13.2 Å². The summed E-state index contributed by atoms with van der Waals surface area (Å²) in [4.78, 5) is 3.67. The van der Waals surface area contributed by atoms with Crippen molar-refractivity contribution in [2.24, 2.45) is 0 Å². The van der Waals surface area contributed by atoms with Crippen LogP contribution in [0.3, 0.4) is 0 Å². The SMILES string of the molecule is CNc1nc(Oc2ccc(F)cc2C)c(F)cc1F. The number of hydrogen-bond donors (Lipinski definition) is 1. The number of anilines is 1. The van der Waals surface area contributed by atoms with E-state index in [1.165, 1.54) is 25.2 Å². The molecule has 0 amide bonds. The average Bonchev–Trinajstić information content (AvgIpc) is 2.35. The van der Waals surface area contributed by atoms with Gasteiger partial charge in [0.05, 0.1) is 0 Å². The van der Waals surface area contributed by atoms with Gasteiger partial charge in [-0.05, 0) is 30.7 Å². The monoisotopic (exact) mass is 268 g/mol. The smallest absolute Gasteiger partial charge is 0.258 e. The number of pyridine rings is 1. The van der Waals surface area contributed by atoms with Crippen LogP contribution in [0.25, 0.3) is 0 Å². The van der Waals surface area contributed by atoms with E-state index in [0.717, 1.165) is 0 Å². The van der Waals surface area contributed by atoms with Gasteiger partial charge in [-0.1, -0.05) is 0 Å². The van der Waals surface area contributed by atoms with Gasteiger partial charge in [0, 0.05) is 13.1 Å². The molecule has 0 fully saturated rings. The van der Waals surface area contributed by atoms with E-state index in [1.54, 1.807) is 6.92 Å². The van der Waals surface area contributed by atoms with Gasteiger partial charge < -0.3 is 10.1 Å². The summed E-state index contributed by atoms with van der Waals surface area (Å²) in [6.45, 7) is 1.61. The van der Waals surface area contributed by atoms with Crippen LogP contribution in [0, 0.1) is 24.4 Å². The lowest BCUT2D eigenvalue weighted by molar-refractivity contribution is 0.415. The molecule has 0 aliphatic carbocycles. The summed E-state index contributed by atoms with van der Waals surface area (Å²) in [5.41, 5.74) is 0.483. The maximum absolute atomic E-state index is 13.5. The summed E-state index contributed by atoms with van der Waals surface area (Å²) >= 11 is 0. The fourth-order valence-corrected chi connectivity index (χ4v) is 1.53. The second kappa shape index (κ2) is 5.17. The Balaban J connectivity index is 2.37. The normalized spacial score (nSPS) is 10.4. The predicted octanol–water partition coefficient (Wildman–Crippen LogP) is 3.64. The summed E-state index contributed by atoms with van der Waals surface area (Å²) in [7, 11) is 1.45. The van der Waals surface area contributed by atoms with E-state index in [1.807, 2.05) is 0 Å². The second-order valence-corrected chi connectivity index (χ2v) is 3.87. The highest BCUT2D eigenvalue weighted by Gasteiger charge is 2.14. The molecule has 0 bridgehead atoms. The minimum absolute atomic E-state index is 0.129. The Labute approximate surface area is 108 Å². The maximum Gasteiger partial charge on any atom is 0.258 e. The van der Waals surface area contributed by atoms with Gasteiger partial charge in [-0.2, -0.15) is 4.98 Å². The Morgan fingerprint density at radius 3 is 2.47 bits per heavy atom. The quantitative estimate of drug-likeness (QED) is 0.922. The number of ether oxygens (including phenoxy) is 1. The number of nitrogens with zero attached hydrogens (tertiary/aromatic N) is 1. The van der Waals surface area contributed by atoms with Crippen molar-refractivity contribution in [3.63, 3.8) is 0 Å². The van der Waals surface area contributed by atoms with Crippen molar-refractivity contribution in [2.45, 2.75) is 6.92 Å². The van der Waals surface area contributed by atoms with E-state index in [4.69, 9.17) is 4.74 Å². The zero-order valence-corrected chi connectivity index (χ0v) is 10.3. The van der Waals surface area contributed by atoms with Gasteiger partial charge in [0.2, 0.25) is 0 Å². The lowest BCUT2D eigenvalue weighted by Crippen LogP contribution is -2.01. The summed E-state index contributed by atoms with van der Waals surface area (Å²) in [5, 5.41) is 2.48. The highest BCUT2D eigenvalue weighted by atomic mass is 19.1. The molecule has 1 N–H and O–H groups in total. The molecular weight excluding hydrogens is 257 g/mol. The Morgan fingerprint density at radius 2 is 1.84 bits per heavy atom. The van der Waals surface area contributed by atoms with Gasteiger partial charge in [-0.3, -0.25) is 0 Å². The van der Waals surface area contributed by atoms with Crippen LogP contribution in [0.2, 0.25) is 0 Å². The fraction of sp³-hybridized carbons (Fsp3) is 0.154. The first-order chi connectivity index (χ1) is 9.01. The van der Waals surface area contributed by atoms with Gasteiger partial charge in [0.25, 0.3) is 5.88 Å². The third-order valence-electron chi connectivity index (χ3n) is 2.48. The van der Waals surface area contributed by atoms with Gasteiger partial charge in [0.1, 0.15) is 11.6 Å². The number of hydrogen-bond acceptors (Lipinski definition) is 3. The van der Waals surface area contributed by atoms with Crippen molar-refractivity contribution in [1.82, 2.24) is 4.98 Å². The molecule has 0 saturated carbocycles. The molecule has 0 aliphatic rings. The molecule has 0 saturated heterocycles. The van der Waals surface area contributed by atoms with E-state index < -0.39 is 17.5 Å². The van der Waals surface area contributed by atoms with Crippen molar-refractivity contribution in [2.75, 3.05) is 12.4 Å². The van der Waals surface area contributed by atoms with Gasteiger partial charge >= 0.3 is 0 Å². The van der Waals surface area contributed by atoms with E-state index in [0.29, 0.717) is 11.6 Å². The lowest BCUT2D eigenvalue weighted by atomic mass is 10.2. The first-order valence-electron chi connectivity index (χ1n) is 5.49. The van der Waals surface area contributed by atoms with E-state index >= 15 is 0 Å². The molecule has 0 unspecified atom stereocenters. The van der Waals surface area contributed by atoms with E-state index in [2.05, 4.69) is 10.3 Å². The zero-order valence-electron chi connectivity index (χ0n) is 10.3. The molecule has 0 aliphatic heterocycles. The molecular formula is C13H11F3N2O. The molecule has 100 valence electrons. The Bertz CT molecular complexity index is 617. The Hall–Kier alpha value is -2.24. The molecule has 0 radical (unpaired) electrons. The summed E-state index contributed by atoms with van der Waals surface area (Å²) in [6, 6.07) is 4.46. The Morgan fingerprint density at radius 1 is 1.11 bits per heavy atom. The third-order valence-corrected chi connectivity index (χ3v) is 2.48. The molecule has 19 heavy (non-hydrogen) atoms. The number of nitrogens with one attached hydrogen (secondary N) is 1. The number of halogens is 3. The Kier molecular flexibility index (Phi) is 3.59. The van der Waals surface area contributed by atoms with Crippen molar-refractivity contribution in [3.8, 4) is 11.6 Å². The molecule has 6 heteroatoms. The van der Waals surface area contributed by atoms with Crippen LogP contribution in [0.5, 0.6) is 11.6 Å². The molecule has 2 rings (SSSR count). The van der Waals surface area contributed by atoms with Crippen molar-refractivity contribution < 1.29 is 17.9 Å². The fourth-order valence-electron chi connectivity index (χ4n) is 1.53. The summed E-state index contributed by atoms with van der Waals surface area (Å²) in [6.07, 6.45) is 0. The van der Waals surface area contributed by atoms with Crippen LogP contribution in [-0.4, -0.2) is 12.0 Å². The highest BCUT2D eigenvalue weighted by molar-refractivity contribution is 5.41. The summed E-state index contributed by atoms with van der Waals surface area (Å²) < 4.78 is 44.9. The van der Waals surface area contributed by atoms with E-state index in [9.17, 15) is 13.2 Å². The minimum atomic E-state index is -0.930. The second-order valence-electron chi connectivity index (χ2n) is 3.87. The molecule has 3 nitrogen and oxygen atoms in total. The number of benzene rings is 1. The number of rotatable bonds is 3. The van der Waals surface area contributed by atoms with Gasteiger partial charge in [-0.15, -0.1) is 0 Å². The maximum atomic E-state index is 13.5. The molecule has 1 heterocycles. The first-order valence-corrected chi connectivity index (χ1v) is 5.49.